The average molecular weight is 204 g/mol. The van der Waals surface area contributed by atoms with Gasteiger partial charge in [-0.25, -0.2) is 0 Å². The third-order valence-corrected chi connectivity index (χ3v) is 3.23. The van der Waals surface area contributed by atoms with Crippen molar-refractivity contribution in [1.82, 2.24) is 5.32 Å². The number of nitrogen functional groups attached to an aromatic ring is 1. The molecular weight excluding hydrogens is 184 g/mol. The van der Waals surface area contributed by atoms with Gasteiger partial charge in [0.25, 0.3) is 0 Å². The minimum Gasteiger partial charge on any atom is -0.398 e. The lowest BCUT2D eigenvalue weighted by atomic mass is 9.92. The van der Waals surface area contributed by atoms with E-state index in [1.165, 1.54) is 30.4 Å². The Morgan fingerprint density at radius 3 is 3.07 bits per heavy atom. The Morgan fingerprint density at radius 2 is 2.20 bits per heavy atom. The number of benzene rings is 1. The van der Waals surface area contributed by atoms with Crippen LogP contribution < -0.4 is 11.1 Å². The van der Waals surface area contributed by atoms with Crippen LogP contribution in [0.4, 0.5) is 5.69 Å². The highest BCUT2D eigenvalue weighted by Crippen LogP contribution is 2.28. The van der Waals surface area contributed by atoms with E-state index in [9.17, 15) is 0 Å². The Balaban J connectivity index is 2.22. The number of anilines is 1. The maximum atomic E-state index is 6.04. The molecule has 2 heteroatoms. The smallest absolute Gasteiger partial charge is 0.0350 e. The minimum absolute atomic E-state index is 0.604. The SMILES string of the molecule is Cc1ccc(N)c(C2CCCCNC2)c1. The van der Waals surface area contributed by atoms with E-state index in [0.717, 1.165) is 18.8 Å². The van der Waals surface area contributed by atoms with Gasteiger partial charge < -0.3 is 11.1 Å². The molecule has 0 spiro atoms. The van der Waals surface area contributed by atoms with Crippen LogP contribution >= 0.6 is 0 Å². The molecule has 0 aliphatic carbocycles. The quantitative estimate of drug-likeness (QED) is 0.689. The number of nitrogens with two attached hydrogens (primary N) is 1. The predicted octanol–water partition coefficient (Wildman–Crippen LogP) is 2.43. The summed E-state index contributed by atoms with van der Waals surface area (Å²) >= 11 is 0. The topological polar surface area (TPSA) is 38.0 Å². The molecule has 1 aliphatic heterocycles. The summed E-state index contributed by atoms with van der Waals surface area (Å²) in [6.07, 6.45) is 3.87. The summed E-state index contributed by atoms with van der Waals surface area (Å²) in [6, 6.07) is 6.37. The van der Waals surface area contributed by atoms with Gasteiger partial charge in [0, 0.05) is 12.2 Å². The monoisotopic (exact) mass is 204 g/mol. The van der Waals surface area contributed by atoms with Gasteiger partial charge in [-0.15, -0.1) is 0 Å². The van der Waals surface area contributed by atoms with Crippen molar-refractivity contribution in [3.05, 3.63) is 29.3 Å². The van der Waals surface area contributed by atoms with Gasteiger partial charge in [-0.3, -0.25) is 0 Å². The van der Waals surface area contributed by atoms with E-state index in [1.54, 1.807) is 0 Å². The Labute approximate surface area is 91.9 Å². The maximum Gasteiger partial charge on any atom is 0.0350 e. The van der Waals surface area contributed by atoms with Crippen molar-refractivity contribution in [2.75, 3.05) is 18.8 Å². The number of nitrogens with one attached hydrogen (secondary N) is 1. The number of hydrogen-bond donors (Lipinski definition) is 2. The van der Waals surface area contributed by atoms with E-state index in [0.29, 0.717) is 5.92 Å². The zero-order valence-electron chi connectivity index (χ0n) is 9.42. The van der Waals surface area contributed by atoms with Crippen LogP contribution in [0, 0.1) is 6.92 Å². The van der Waals surface area contributed by atoms with Crippen molar-refractivity contribution >= 4 is 5.69 Å². The average Bonchev–Trinajstić information content (AvgIpc) is 2.50. The second-order valence-electron chi connectivity index (χ2n) is 4.53. The van der Waals surface area contributed by atoms with E-state index >= 15 is 0 Å². The number of hydrogen-bond acceptors (Lipinski definition) is 2. The summed E-state index contributed by atoms with van der Waals surface area (Å²) in [5.41, 5.74) is 9.64. The van der Waals surface area contributed by atoms with Crippen molar-refractivity contribution in [3.8, 4) is 0 Å². The Bertz CT molecular complexity index is 325. The molecule has 0 amide bonds. The molecule has 82 valence electrons. The molecule has 1 saturated heterocycles. The van der Waals surface area contributed by atoms with E-state index in [-0.39, 0.29) is 0 Å². The Morgan fingerprint density at radius 1 is 1.33 bits per heavy atom. The standard InChI is InChI=1S/C13H20N2/c1-10-5-6-13(14)12(8-10)11-4-2-3-7-15-9-11/h5-6,8,11,15H,2-4,7,9,14H2,1H3. The first-order valence-corrected chi connectivity index (χ1v) is 5.84. The van der Waals surface area contributed by atoms with Crippen LogP contribution in [0.25, 0.3) is 0 Å². The zero-order chi connectivity index (χ0) is 10.7. The molecule has 0 radical (unpaired) electrons. The van der Waals surface area contributed by atoms with Gasteiger partial charge >= 0.3 is 0 Å². The van der Waals surface area contributed by atoms with Crippen molar-refractivity contribution in [1.29, 1.82) is 0 Å². The Hall–Kier alpha value is -1.02. The summed E-state index contributed by atoms with van der Waals surface area (Å²) < 4.78 is 0. The predicted molar refractivity (Wildman–Crippen MR) is 65.1 cm³/mol. The lowest BCUT2D eigenvalue weighted by Crippen LogP contribution is -2.20. The van der Waals surface area contributed by atoms with Crippen LogP contribution in [0.2, 0.25) is 0 Å². The normalized spacial score (nSPS) is 22.3. The van der Waals surface area contributed by atoms with E-state index in [4.69, 9.17) is 5.73 Å². The van der Waals surface area contributed by atoms with Gasteiger partial charge in [0.05, 0.1) is 0 Å². The second-order valence-corrected chi connectivity index (χ2v) is 4.53. The summed E-state index contributed by atoms with van der Waals surface area (Å²) in [7, 11) is 0. The largest absolute Gasteiger partial charge is 0.398 e. The fourth-order valence-electron chi connectivity index (χ4n) is 2.33. The molecule has 1 heterocycles. The van der Waals surface area contributed by atoms with Crippen molar-refractivity contribution < 1.29 is 0 Å². The molecule has 1 unspecified atom stereocenters. The second kappa shape index (κ2) is 4.67. The first kappa shape index (κ1) is 10.5. The van der Waals surface area contributed by atoms with E-state index in [2.05, 4.69) is 24.4 Å². The maximum absolute atomic E-state index is 6.04. The third-order valence-electron chi connectivity index (χ3n) is 3.23. The highest BCUT2D eigenvalue weighted by atomic mass is 14.9. The highest BCUT2D eigenvalue weighted by molar-refractivity contribution is 5.50. The highest BCUT2D eigenvalue weighted by Gasteiger charge is 2.16. The van der Waals surface area contributed by atoms with Crippen LogP contribution in [-0.2, 0) is 0 Å². The zero-order valence-corrected chi connectivity index (χ0v) is 9.42. The van der Waals surface area contributed by atoms with Crippen molar-refractivity contribution in [2.45, 2.75) is 32.1 Å². The Kier molecular flexibility index (Phi) is 3.27. The summed E-state index contributed by atoms with van der Waals surface area (Å²) in [6.45, 7) is 4.36. The molecule has 1 atom stereocenters. The van der Waals surface area contributed by atoms with Crippen molar-refractivity contribution in [2.24, 2.45) is 0 Å². The van der Waals surface area contributed by atoms with Gasteiger partial charge in [0.2, 0.25) is 0 Å². The van der Waals surface area contributed by atoms with Gasteiger partial charge in [0.1, 0.15) is 0 Å². The van der Waals surface area contributed by atoms with Crippen LogP contribution in [0.15, 0.2) is 18.2 Å². The molecule has 0 aromatic heterocycles. The first-order chi connectivity index (χ1) is 7.27. The van der Waals surface area contributed by atoms with Crippen LogP contribution in [0.5, 0.6) is 0 Å². The van der Waals surface area contributed by atoms with Crippen LogP contribution in [-0.4, -0.2) is 13.1 Å². The molecular formula is C13H20N2. The molecule has 2 nitrogen and oxygen atoms in total. The fourth-order valence-corrected chi connectivity index (χ4v) is 2.33. The van der Waals surface area contributed by atoms with Gasteiger partial charge in [-0.05, 0) is 43.9 Å². The first-order valence-electron chi connectivity index (χ1n) is 5.84. The molecule has 15 heavy (non-hydrogen) atoms. The molecule has 1 aliphatic rings. The number of rotatable bonds is 1. The molecule has 2 rings (SSSR count). The van der Waals surface area contributed by atoms with Gasteiger partial charge in [-0.1, -0.05) is 24.1 Å². The molecule has 3 N–H and O–H groups in total. The molecule has 1 aromatic carbocycles. The van der Waals surface area contributed by atoms with Gasteiger partial charge in [-0.2, -0.15) is 0 Å². The summed E-state index contributed by atoms with van der Waals surface area (Å²) in [4.78, 5) is 0. The van der Waals surface area contributed by atoms with Crippen LogP contribution in [0.3, 0.4) is 0 Å². The minimum atomic E-state index is 0.604. The summed E-state index contributed by atoms with van der Waals surface area (Å²) in [5.74, 6) is 0.604. The van der Waals surface area contributed by atoms with E-state index in [1.807, 2.05) is 6.07 Å². The fraction of sp³-hybridized carbons (Fsp3) is 0.538. The van der Waals surface area contributed by atoms with Crippen molar-refractivity contribution in [3.63, 3.8) is 0 Å². The van der Waals surface area contributed by atoms with E-state index < -0.39 is 0 Å². The van der Waals surface area contributed by atoms with Crippen LogP contribution in [0.1, 0.15) is 36.3 Å². The lowest BCUT2D eigenvalue weighted by molar-refractivity contribution is 0.611. The molecule has 1 fully saturated rings. The molecule has 0 saturated carbocycles. The summed E-state index contributed by atoms with van der Waals surface area (Å²) in [5, 5.41) is 3.49. The lowest BCUT2D eigenvalue weighted by Gasteiger charge is -2.17. The molecule has 0 bridgehead atoms. The number of aryl methyl sites for hydroxylation is 1. The van der Waals surface area contributed by atoms with Gasteiger partial charge in [0.15, 0.2) is 0 Å². The third kappa shape index (κ3) is 2.51. The molecule has 1 aromatic rings.